The maximum atomic E-state index is 11.8. The third-order valence-corrected chi connectivity index (χ3v) is 13.4. The Bertz CT molecular complexity index is 3500. The summed E-state index contributed by atoms with van der Waals surface area (Å²) in [6.07, 6.45) is 13.0. The van der Waals surface area contributed by atoms with E-state index in [0.29, 0.717) is 12.1 Å². The molecule has 0 radical (unpaired) electrons. The molecule has 3 aliphatic rings. The van der Waals surface area contributed by atoms with Gasteiger partial charge in [-0.1, -0.05) is 97.1 Å². The summed E-state index contributed by atoms with van der Waals surface area (Å²) < 4.78 is 12.6. The molecule has 11 heteroatoms. The number of anilines is 2. The molecule has 1 aliphatic heterocycles. The van der Waals surface area contributed by atoms with Crippen LogP contribution >= 0.6 is 0 Å². The fraction of sp³-hybridized carbons (Fsp3) is 0.0877. The van der Waals surface area contributed by atoms with E-state index in [4.69, 9.17) is 9.47 Å². The maximum absolute atomic E-state index is 11.8. The lowest BCUT2D eigenvalue weighted by Crippen LogP contribution is -2.31. The van der Waals surface area contributed by atoms with E-state index in [2.05, 4.69) is 89.9 Å². The lowest BCUT2D eigenvalue weighted by molar-refractivity contribution is 0.365. The molecule has 0 saturated heterocycles. The monoisotopic (exact) mass is 897 g/mol. The lowest BCUT2D eigenvalue weighted by atomic mass is 9.86. The first-order valence-corrected chi connectivity index (χ1v) is 22.4. The molecule has 11 rings (SSSR count). The smallest absolute Gasteiger partial charge is 0.200 e. The molecule has 334 valence electrons. The zero-order valence-corrected chi connectivity index (χ0v) is 37.0. The molecule has 1 heterocycles. The molecule has 0 fully saturated rings. The van der Waals surface area contributed by atoms with Gasteiger partial charge in [0.05, 0.1) is 24.3 Å². The minimum atomic E-state index is -0.827. The predicted molar refractivity (Wildman–Crippen MR) is 271 cm³/mol. The molecule has 8 aromatic carbocycles. The van der Waals surface area contributed by atoms with Crippen LogP contribution in [-0.2, 0) is 0 Å². The highest BCUT2D eigenvalue weighted by Crippen LogP contribution is 2.54. The Morgan fingerprint density at radius 1 is 0.603 bits per heavy atom. The molecule has 0 amide bonds. The number of hydrogen-bond donors (Lipinski definition) is 7. The third-order valence-electron chi connectivity index (χ3n) is 13.4. The van der Waals surface area contributed by atoms with Crippen molar-refractivity contribution in [3.63, 3.8) is 0 Å². The zero-order valence-electron chi connectivity index (χ0n) is 37.0. The Labute approximate surface area is 392 Å². The molecule has 0 spiro atoms. The fourth-order valence-electron chi connectivity index (χ4n) is 10.1. The molecule has 8 aromatic rings. The van der Waals surface area contributed by atoms with Gasteiger partial charge in [0.15, 0.2) is 11.5 Å². The topological polar surface area (TPSA) is 163 Å². The van der Waals surface area contributed by atoms with Crippen LogP contribution in [0.1, 0.15) is 30.4 Å². The minimum Gasteiger partial charge on any atom is -0.508 e. The number of benzene rings is 8. The molecule has 68 heavy (non-hydrogen) atoms. The number of aromatic hydroxyl groups is 7. The van der Waals surface area contributed by atoms with Gasteiger partial charge in [-0.3, -0.25) is 0 Å². The third kappa shape index (κ3) is 6.73. The number of methoxy groups -OCH3 is 1. The van der Waals surface area contributed by atoms with E-state index in [9.17, 15) is 35.7 Å². The van der Waals surface area contributed by atoms with Gasteiger partial charge in [-0.05, 0) is 106 Å². The second-order valence-corrected chi connectivity index (χ2v) is 17.3. The van der Waals surface area contributed by atoms with Gasteiger partial charge in [-0.15, -0.1) is 0 Å². The minimum absolute atomic E-state index is 0.0142. The van der Waals surface area contributed by atoms with E-state index in [1.165, 1.54) is 7.85 Å². The van der Waals surface area contributed by atoms with Crippen LogP contribution in [0.3, 0.4) is 0 Å². The van der Waals surface area contributed by atoms with Crippen LogP contribution < -0.4 is 19.8 Å². The number of phenolic OH excluding ortho intramolecular Hbond substituents is 7. The molecule has 0 saturated carbocycles. The highest BCUT2D eigenvalue weighted by Gasteiger charge is 2.32. The summed E-state index contributed by atoms with van der Waals surface area (Å²) >= 11 is 0. The number of rotatable bonds is 8. The summed E-state index contributed by atoms with van der Waals surface area (Å²) in [7, 11) is 3.11. The summed E-state index contributed by atoms with van der Waals surface area (Å²) in [4.78, 5) is 2.11. The van der Waals surface area contributed by atoms with E-state index < -0.39 is 34.5 Å². The van der Waals surface area contributed by atoms with E-state index in [-0.39, 0.29) is 39.5 Å². The van der Waals surface area contributed by atoms with Crippen molar-refractivity contribution in [2.75, 3.05) is 12.0 Å². The average Bonchev–Trinajstić information content (AvgIpc) is 3.36. The van der Waals surface area contributed by atoms with Gasteiger partial charge in [0.25, 0.3) is 0 Å². The summed E-state index contributed by atoms with van der Waals surface area (Å²) in [6, 6.07) is 37.5. The zero-order chi connectivity index (χ0) is 47.0. The SMILES string of the molecule is Bc1c(O)c(O)c(O)c(-c2cc(-c3c(O)cc(O)cc3O)ccc2N(c2ccc(-c3cc4c5c(c(OC)ccc5c3)C3=CCCC=C3O4)c3ccccc23)C2C=CC(c3ccccc3)=CC2)c1O. The molecule has 1 atom stereocenters. The van der Waals surface area contributed by atoms with Crippen molar-refractivity contribution >= 4 is 57.4 Å². The molecular formula is C57H44BNO9. The molecule has 1 unspecified atom stereocenters. The van der Waals surface area contributed by atoms with E-state index in [0.717, 1.165) is 103 Å². The summed E-state index contributed by atoms with van der Waals surface area (Å²) in [5.41, 5.74) is 7.49. The lowest BCUT2D eigenvalue weighted by Gasteiger charge is -2.36. The first-order valence-electron chi connectivity index (χ1n) is 22.4. The van der Waals surface area contributed by atoms with Crippen molar-refractivity contribution in [1.29, 1.82) is 0 Å². The van der Waals surface area contributed by atoms with Gasteiger partial charge in [-0.25, -0.2) is 0 Å². The van der Waals surface area contributed by atoms with E-state index in [1.807, 2.05) is 36.4 Å². The first-order chi connectivity index (χ1) is 33.0. The molecule has 0 bridgehead atoms. The van der Waals surface area contributed by atoms with Crippen LogP contribution in [0.5, 0.6) is 51.7 Å². The summed E-state index contributed by atoms with van der Waals surface area (Å²) in [5.74, 6) is -1.61. The normalized spacial score (nSPS) is 15.0. The Morgan fingerprint density at radius 2 is 1.34 bits per heavy atom. The number of nitrogens with zero attached hydrogens (tertiary/aromatic N) is 1. The standard InChI is InChI=1S/C57H44BNO9/c1-67-47-24-18-32-25-34(27-48-50(32)51(47)40-13-7-8-14-46(40)68-48)37-21-23-42(39-12-6-5-11-38(37)39)59(35-19-15-31(16-20-35)30-9-3-2-4-10-30)43-22-17-33(49-44(61)28-36(60)29-45(49)62)26-41(43)52-54(63)53(58)56(65)57(66)55(52)64/h2-6,9-19,21-29,35,60-66H,7-8,20,58H2,1H3. The number of phenols is 7. The fourth-order valence-corrected chi connectivity index (χ4v) is 10.1. The van der Waals surface area contributed by atoms with Crippen molar-refractivity contribution in [2.45, 2.75) is 25.3 Å². The average molecular weight is 898 g/mol. The van der Waals surface area contributed by atoms with Gasteiger partial charge in [-0.2, -0.15) is 0 Å². The Hall–Kier alpha value is -8.70. The van der Waals surface area contributed by atoms with Crippen LogP contribution in [0.15, 0.2) is 157 Å². The number of fused-ring (bicyclic) bond motifs is 3. The highest BCUT2D eigenvalue weighted by molar-refractivity contribution is 6.37. The highest BCUT2D eigenvalue weighted by atomic mass is 16.5. The Kier molecular flexibility index (Phi) is 10.1. The second-order valence-electron chi connectivity index (χ2n) is 17.3. The van der Waals surface area contributed by atoms with Gasteiger partial charge < -0.3 is 50.1 Å². The number of ether oxygens (including phenoxy) is 2. The Balaban J connectivity index is 1.15. The number of allylic oxidation sites excluding steroid dienone is 5. The van der Waals surface area contributed by atoms with Crippen molar-refractivity contribution < 1.29 is 45.2 Å². The van der Waals surface area contributed by atoms with Crippen LogP contribution in [0.25, 0.3) is 66.1 Å². The van der Waals surface area contributed by atoms with Gasteiger partial charge in [0.2, 0.25) is 5.75 Å². The molecular weight excluding hydrogens is 853 g/mol. The molecule has 10 nitrogen and oxygen atoms in total. The first kappa shape index (κ1) is 42.0. The Morgan fingerprint density at radius 3 is 2.09 bits per heavy atom. The van der Waals surface area contributed by atoms with E-state index >= 15 is 0 Å². The van der Waals surface area contributed by atoms with Crippen LogP contribution in [-0.4, -0.2) is 56.7 Å². The van der Waals surface area contributed by atoms with Crippen LogP contribution in [0, 0.1) is 0 Å². The van der Waals surface area contributed by atoms with Crippen molar-refractivity contribution in [3.05, 3.63) is 169 Å². The molecule has 2 aliphatic carbocycles. The molecule has 7 N–H and O–H groups in total. The number of hydrogen-bond acceptors (Lipinski definition) is 10. The largest absolute Gasteiger partial charge is 0.508 e. The van der Waals surface area contributed by atoms with Crippen LogP contribution in [0.2, 0.25) is 0 Å². The predicted octanol–water partition coefficient (Wildman–Crippen LogP) is 11.2. The second kappa shape index (κ2) is 16.3. The summed E-state index contributed by atoms with van der Waals surface area (Å²) in [5, 5.41) is 81.6. The van der Waals surface area contributed by atoms with E-state index in [1.54, 1.807) is 25.3 Å². The van der Waals surface area contributed by atoms with Gasteiger partial charge in [0, 0.05) is 51.0 Å². The summed E-state index contributed by atoms with van der Waals surface area (Å²) in [6.45, 7) is 0. The van der Waals surface area contributed by atoms with Gasteiger partial charge >= 0.3 is 0 Å². The quantitative estimate of drug-likeness (QED) is 0.0444. The van der Waals surface area contributed by atoms with Crippen molar-refractivity contribution in [2.24, 2.45) is 0 Å². The molecule has 0 aromatic heterocycles. The maximum Gasteiger partial charge on any atom is 0.200 e. The van der Waals surface area contributed by atoms with Gasteiger partial charge in [0.1, 0.15) is 48.1 Å². The van der Waals surface area contributed by atoms with Crippen molar-refractivity contribution in [3.8, 4) is 85.1 Å². The van der Waals surface area contributed by atoms with Crippen molar-refractivity contribution in [1.82, 2.24) is 0 Å². The van der Waals surface area contributed by atoms with Crippen LogP contribution in [0.4, 0.5) is 11.4 Å².